The van der Waals surface area contributed by atoms with E-state index in [2.05, 4.69) is 14.9 Å². The number of hydrogen-bond donors (Lipinski definition) is 1. The minimum absolute atomic E-state index is 0.0333. The lowest BCUT2D eigenvalue weighted by Gasteiger charge is -2.34. The maximum absolute atomic E-state index is 11.9. The molecule has 0 bridgehead atoms. The van der Waals surface area contributed by atoms with Crippen LogP contribution in [-0.4, -0.2) is 51.9 Å². The molecule has 1 saturated heterocycles. The monoisotopic (exact) mass is 314 g/mol. The van der Waals surface area contributed by atoms with Gasteiger partial charge in [0.15, 0.2) is 0 Å². The molecule has 0 aromatic carbocycles. The van der Waals surface area contributed by atoms with Crippen LogP contribution in [0.4, 0.5) is 0 Å². The number of aryl methyl sites for hydroxylation is 1. The number of H-pyrrole nitrogens is 1. The van der Waals surface area contributed by atoms with Crippen LogP contribution < -0.4 is 5.56 Å². The number of piperazine rings is 1. The van der Waals surface area contributed by atoms with Gasteiger partial charge in [-0.25, -0.2) is 0 Å². The maximum Gasteiger partial charge on any atom is 0.251 e. The Bertz CT molecular complexity index is 776. The third-order valence-corrected chi connectivity index (χ3v) is 4.43. The van der Waals surface area contributed by atoms with Gasteiger partial charge in [0.2, 0.25) is 5.91 Å². The number of hydrogen-bond acceptors (Lipinski definition) is 4. The van der Waals surface area contributed by atoms with Crippen LogP contribution >= 0.6 is 0 Å². The molecule has 0 unspecified atom stereocenters. The average Bonchev–Trinajstić information content (AvgIpc) is 2.54. The van der Waals surface area contributed by atoms with Crippen LogP contribution in [0.15, 0.2) is 23.1 Å². The number of carbonyl (C=O) groups is 1. The smallest absolute Gasteiger partial charge is 0.251 e. The maximum atomic E-state index is 11.9. The van der Waals surface area contributed by atoms with E-state index in [1.807, 2.05) is 30.2 Å². The molecule has 3 rings (SSSR count). The predicted octanol–water partition coefficient (Wildman–Crippen LogP) is 1.15. The third-order valence-electron chi connectivity index (χ3n) is 4.43. The molecule has 2 aromatic rings. The molecule has 3 heterocycles. The molecule has 122 valence electrons. The van der Waals surface area contributed by atoms with Gasteiger partial charge in [-0.05, 0) is 24.1 Å². The van der Waals surface area contributed by atoms with E-state index in [0.29, 0.717) is 6.42 Å². The van der Waals surface area contributed by atoms with Crippen molar-refractivity contribution in [2.24, 2.45) is 0 Å². The molecule has 1 fully saturated rings. The molecular formula is C17H22N4O2. The predicted molar refractivity (Wildman–Crippen MR) is 89.3 cm³/mol. The number of aromatic amines is 1. The number of rotatable bonds is 3. The Morgan fingerprint density at radius 3 is 2.65 bits per heavy atom. The van der Waals surface area contributed by atoms with Crippen LogP contribution in [0.3, 0.4) is 0 Å². The molecule has 1 aliphatic heterocycles. The van der Waals surface area contributed by atoms with E-state index in [-0.39, 0.29) is 11.5 Å². The standard InChI is InChI=1S/C17H22N4O2/c1-3-14-9-15-16(19-17(14)23)8-13(10-18-15)11-20-4-6-21(7-5-20)12(2)22/h8-10H,3-7,11H2,1-2H3,(H,19,23). The van der Waals surface area contributed by atoms with Crippen molar-refractivity contribution in [1.29, 1.82) is 0 Å². The molecule has 1 amide bonds. The van der Waals surface area contributed by atoms with Gasteiger partial charge in [-0.15, -0.1) is 0 Å². The lowest BCUT2D eigenvalue weighted by Crippen LogP contribution is -2.47. The van der Waals surface area contributed by atoms with Gasteiger partial charge in [-0.3, -0.25) is 19.5 Å². The number of amides is 1. The highest BCUT2D eigenvalue weighted by Crippen LogP contribution is 2.14. The first-order chi connectivity index (χ1) is 11.1. The number of fused-ring (bicyclic) bond motifs is 1. The van der Waals surface area contributed by atoms with Gasteiger partial charge in [-0.1, -0.05) is 6.92 Å². The van der Waals surface area contributed by atoms with Crippen molar-refractivity contribution in [2.75, 3.05) is 26.2 Å². The summed E-state index contributed by atoms with van der Waals surface area (Å²) >= 11 is 0. The van der Waals surface area contributed by atoms with Crippen molar-refractivity contribution in [2.45, 2.75) is 26.8 Å². The molecule has 0 spiro atoms. The van der Waals surface area contributed by atoms with E-state index in [4.69, 9.17) is 0 Å². The lowest BCUT2D eigenvalue weighted by atomic mass is 10.1. The number of aromatic nitrogens is 2. The Balaban J connectivity index is 1.74. The fraction of sp³-hybridized carbons (Fsp3) is 0.471. The second-order valence-electron chi connectivity index (χ2n) is 6.04. The van der Waals surface area contributed by atoms with E-state index in [9.17, 15) is 9.59 Å². The normalized spacial score (nSPS) is 16.0. The van der Waals surface area contributed by atoms with Crippen LogP contribution in [0.25, 0.3) is 11.0 Å². The van der Waals surface area contributed by atoms with Gasteiger partial charge in [0.25, 0.3) is 5.56 Å². The van der Waals surface area contributed by atoms with Gasteiger partial charge in [0, 0.05) is 51.4 Å². The zero-order valence-electron chi connectivity index (χ0n) is 13.6. The molecule has 0 aliphatic carbocycles. The van der Waals surface area contributed by atoms with Gasteiger partial charge in [0.1, 0.15) is 0 Å². The van der Waals surface area contributed by atoms with Crippen LogP contribution in [0, 0.1) is 0 Å². The molecule has 0 radical (unpaired) electrons. The SMILES string of the molecule is CCc1cc2ncc(CN3CCN(C(C)=O)CC3)cc2[nH]c1=O. The summed E-state index contributed by atoms with van der Waals surface area (Å²) in [5, 5.41) is 0. The summed E-state index contributed by atoms with van der Waals surface area (Å²) in [6.45, 7) is 7.63. The number of pyridine rings is 2. The first-order valence-corrected chi connectivity index (χ1v) is 8.05. The summed E-state index contributed by atoms with van der Waals surface area (Å²) in [4.78, 5) is 34.9. The van der Waals surface area contributed by atoms with Crippen LogP contribution in [0.5, 0.6) is 0 Å². The summed E-state index contributed by atoms with van der Waals surface area (Å²) < 4.78 is 0. The van der Waals surface area contributed by atoms with Crippen LogP contribution in [0.1, 0.15) is 25.0 Å². The largest absolute Gasteiger partial charge is 0.340 e. The molecule has 6 heteroatoms. The van der Waals surface area contributed by atoms with Gasteiger partial charge >= 0.3 is 0 Å². The lowest BCUT2D eigenvalue weighted by molar-refractivity contribution is -0.130. The Hall–Kier alpha value is -2.21. The Labute approximate surface area is 135 Å². The molecule has 0 atom stereocenters. The van der Waals surface area contributed by atoms with E-state index < -0.39 is 0 Å². The Kier molecular flexibility index (Phi) is 4.43. The van der Waals surface area contributed by atoms with Gasteiger partial charge in [-0.2, -0.15) is 0 Å². The minimum Gasteiger partial charge on any atom is -0.340 e. The van der Waals surface area contributed by atoms with Gasteiger partial charge in [0.05, 0.1) is 11.0 Å². The number of carbonyl (C=O) groups excluding carboxylic acids is 1. The molecule has 6 nitrogen and oxygen atoms in total. The number of nitrogens with zero attached hydrogens (tertiary/aromatic N) is 3. The number of nitrogens with one attached hydrogen (secondary N) is 1. The highest BCUT2D eigenvalue weighted by atomic mass is 16.2. The van der Waals surface area contributed by atoms with Crippen molar-refractivity contribution in [3.05, 3.63) is 39.8 Å². The summed E-state index contributed by atoms with van der Waals surface area (Å²) in [5.41, 5.74) is 3.42. The van der Waals surface area contributed by atoms with E-state index in [1.54, 1.807) is 6.92 Å². The highest BCUT2D eigenvalue weighted by Gasteiger charge is 2.18. The first-order valence-electron chi connectivity index (χ1n) is 8.05. The zero-order valence-corrected chi connectivity index (χ0v) is 13.6. The average molecular weight is 314 g/mol. The quantitative estimate of drug-likeness (QED) is 0.923. The summed E-state index contributed by atoms with van der Waals surface area (Å²) in [7, 11) is 0. The molecule has 1 aliphatic rings. The third kappa shape index (κ3) is 3.42. The zero-order chi connectivity index (χ0) is 16.4. The van der Waals surface area contributed by atoms with E-state index in [0.717, 1.165) is 54.9 Å². The molecule has 0 saturated carbocycles. The second-order valence-corrected chi connectivity index (χ2v) is 6.04. The molecule has 2 aromatic heterocycles. The van der Waals surface area contributed by atoms with E-state index in [1.165, 1.54) is 0 Å². The fourth-order valence-electron chi connectivity index (χ4n) is 3.00. The van der Waals surface area contributed by atoms with Gasteiger partial charge < -0.3 is 9.88 Å². The first kappa shape index (κ1) is 15.7. The fourth-order valence-corrected chi connectivity index (χ4v) is 3.00. The molecular weight excluding hydrogens is 292 g/mol. The summed E-state index contributed by atoms with van der Waals surface area (Å²) in [5.74, 6) is 0.140. The van der Waals surface area contributed by atoms with Crippen molar-refractivity contribution < 1.29 is 4.79 Å². The topological polar surface area (TPSA) is 69.3 Å². The van der Waals surface area contributed by atoms with Crippen molar-refractivity contribution in [3.8, 4) is 0 Å². The second kappa shape index (κ2) is 6.50. The minimum atomic E-state index is -0.0333. The summed E-state index contributed by atoms with van der Waals surface area (Å²) in [6, 6.07) is 3.87. The Morgan fingerprint density at radius 2 is 2.00 bits per heavy atom. The van der Waals surface area contributed by atoms with Crippen LogP contribution in [-0.2, 0) is 17.8 Å². The van der Waals surface area contributed by atoms with Crippen molar-refractivity contribution >= 4 is 16.9 Å². The summed E-state index contributed by atoms with van der Waals surface area (Å²) in [6.07, 6.45) is 2.58. The van der Waals surface area contributed by atoms with Crippen molar-refractivity contribution in [3.63, 3.8) is 0 Å². The van der Waals surface area contributed by atoms with Crippen molar-refractivity contribution in [1.82, 2.24) is 19.8 Å². The van der Waals surface area contributed by atoms with E-state index >= 15 is 0 Å². The highest BCUT2D eigenvalue weighted by molar-refractivity contribution is 5.75. The molecule has 1 N–H and O–H groups in total. The molecule has 23 heavy (non-hydrogen) atoms. The Morgan fingerprint density at radius 1 is 1.26 bits per heavy atom. The van der Waals surface area contributed by atoms with Crippen LogP contribution in [0.2, 0.25) is 0 Å².